The maximum atomic E-state index is 13.4. The molecule has 0 saturated heterocycles. The molecule has 0 heterocycles. The van der Waals surface area contributed by atoms with E-state index in [2.05, 4.69) is 5.32 Å². The molecule has 0 aliphatic heterocycles. The van der Waals surface area contributed by atoms with Crippen molar-refractivity contribution in [3.8, 4) is 0 Å². The van der Waals surface area contributed by atoms with Crippen molar-refractivity contribution in [2.45, 2.75) is 6.18 Å². The Kier molecular flexibility index (Phi) is 3.71. The summed E-state index contributed by atoms with van der Waals surface area (Å²) in [5.41, 5.74) is 2.55. The van der Waals surface area contributed by atoms with E-state index in [1.54, 1.807) is 0 Å². The number of rotatable bonds is 2. The van der Waals surface area contributed by atoms with Crippen molar-refractivity contribution < 1.29 is 26.3 Å². The molecular weight excluding hydrogens is 298 g/mol. The van der Waals surface area contributed by atoms with Gasteiger partial charge in [0.1, 0.15) is 11.5 Å². The number of hydrogen-bond donors (Lipinski definition) is 2. The Labute approximate surface area is 115 Å². The second-order valence-corrected chi connectivity index (χ2v) is 4.17. The highest BCUT2D eigenvalue weighted by Crippen LogP contribution is 2.36. The van der Waals surface area contributed by atoms with Gasteiger partial charge in [-0.2, -0.15) is 13.2 Å². The molecular formula is C13H8F6N2. The van der Waals surface area contributed by atoms with Crippen LogP contribution < -0.4 is 11.1 Å². The number of nitrogens with one attached hydrogen (secondary N) is 1. The van der Waals surface area contributed by atoms with Gasteiger partial charge in [-0.25, -0.2) is 13.2 Å². The third-order valence-corrected chi connectivity index (χ3v) is 2.63. The summed E-state index contributed by atoms with van der Waals surface area (Å²) in [4.78, 5) is 0. The summed E-state index contributed by atoms with van der Waals surface area (Å²) < 4.78 is 77.6. The van der Waals surface area contributed by atoms with Crippen molar-refractivity contribution in [1.82, 2.24) is 0 Å². The fourth-order valence-electron chi connectivity index (χ4n) is 1.69. The minimum Gasteiger partial charge on any atom is -0.398 e. The zero-order valence-corrected chi connectivity index (χ0v) is 10.2. The Morgan fingerprint density at radius 3 is 2.00 bits per heavy atom. The van der Waals surface area contributed by atoms with Crippen molar-refractivity contribution in [2.24, 2.45) is 0 Å². The summed E-state index contributed by atoms with van der Waals surface area (Å²) in [6, 6.07) is 3.50. The molecule has 21 heavy (non-hydrogen) atoms. The Bertz CT molecular complexity index is 658. The maximum absolute atomic E-state index is 13.4. The van der Waals surface area contributed by atoms with Crippen LogP contribution >= 0.6 is 0 Å². The predicted octanol–water partition coefficient (Wildman–Crippen LogP) is 4.45. The number of alkyl halides is 3. The van der Waals surface area contributed by atoms with E-state index in [4.69, 9.17) is 5.73 Å². The first kappa shape index (κ1) is 15.0. The molecule has 2 rings (SSSR count). The van der Waals surface area contributed by atoms with Crippen LogP contribution in [0.1, 0.15) is 5.56 Å². The average molecular weight is 306 g/mol. The minimum atomic E-state index is -4.71. The van der Waals surface area contributed by atoms with Crippen molar-refractivity contribution >= 4 is 17.1 Å². The highest BCUT2D eigenvalue weighted by atomic mass is 19.4. The van der Waals surface area contributed by atoms with Crippen molar-refractivity contribution in [3.05, 3.63) is 53.3 Å². The Balaban J connectivity index is 2.42. The lowest BCUT2D eigenvalue weighted by Crippen LogP contribution is -2.09. The van der Waals surface area contributed by atoms with Gasteiger partial charge in [0, 0.05) is 23.5 Å². The molecule has 0 bridgehead atoms. The van der Waals surface area contributed by atoms with Crippen LogP contribution in [-0.4, -0.2) is 0 Å². The SMILES string of the molecule is Nc1ccc(Nc2c(F)cc(F)cc2F)cc1C(F)(F)F. The Hall–Kier alpha value is -2.38. The van der Waals surface area contributed by atoms with Crippen molar-refractivity contribution in [2.75, 3.05) is 11.1 Å². The average Bonchev–Trinajstić information content (AvgIpc) is 2.34. The highest BCUT2D eigenvalue weighted by molar-refractivity contribution is 5.65. The molecule has 0 radical (unpaired) electrons. The normalized spacial score (nSPS) is 11.5. The zero-order valence-electron chi connectivity index (χ0n) is 10.2. The molecule has 0 amide bonds. The van der Waals surface area contributed by atoms with E-state index in [0.29, 0.717) is 18.2 Å². The second kappa shape index (κ2) is 5.19. The number of anilines is 3. The van der Waals surface area contributed by atoms with Crippen LogP contribution in [0.5, 0.6) is 0 Å². The van der Waals surface area contributed by atoms with Crippen molar-refractivity contribution in [3.63, 3.8) is 0 Å². The number of halogens is 6. The van der Waals surface area contributed by atoms with E-state index in [9.17, 15) is 26.3 Å². The fourth-order valence-corrected chi connectivity index (χ4v) is 1.69. The Morgan fingerprint density at radius 2 is 1.48 bits per heavy atom. The van der Waals surface area contributed by atoms with Gasteiger partial charge in [-0.1, -0.05) is 0 Å². The molecule has 0 unspecified atom stereocenters. The molecule has 0 aliphatic carbocycles. The van der Waals surface area contributed by atoms with Crippen molar-refractivity contribution in [1.29, 1.82) is 0 Å². The van der Waals surface area contributed by atoms with Crippen LogP contribution in [0, 0.1) is 17.5 Å². The lowest BCUT2D eigenvalue weighted by Gasteiger charge is -2.14. The summed E-state index contributed by atoms with van der Waals surface area (Å²) in [5.74, 6) is -3.67. The first-order valence-corrected chi connectivity index (χ1v) is 5.57. The van der Waals surface area contributed by atoms with Gasteiger partial charge < -0.3 is 11.1 Å². The number of hydrogen-bond acceptors (Lipinski definition) is 2. The van der Waals surface area contributed by atoms with E-state index >= 15 is 0 Å². The van der Waals surface area contributed by atoms with Gasteiger partial charge in [0.2, 0.25) is 0 Å². The molecule has 0 atom stereocenters. The smallest absolute Gasteiger partial charge is 0.398 e. The summed E-state index contributed by atoms with van der Waals surface area (Å²) >= 11 is 0. The number of benzene rings is 2. The lowest BCUT2D eigenvalue weighted by atomic mass is 10.1. The van der Waals surface area contributed by atoms with E-state index < -0.39 is 40.6 Å². The van der Waals surface area contributed by atoms with Gasteiger partial charge in [0.05, 0.1) is 5.56 Å². The Morgan fingerprint density at radius 1 is 0.905 bits per heavy atom. The zero-order chi connectivity index (χ0) is 15.8. The van der Waals surface area contributed by atoms with Gasteiger partial charge in [-0.15, -0.1) is 0 Å². The molecule has 112 valence electrons. The van der Waals surface area contributed by atoms with E-state index in [1.807, 2.05) is 0 Å². The first-order valence-electron chi connectivity index (χ1n) is 5.57. The van der Waals surface area contributed by atoms with Gasteiger partial charge >= 0.3 is 6.18 Å². The first-order chi connectivity index (χ1) is 9.68. The molecule has 8 heteroatoms. The number of nitrogen functional groups attached to an aromatic ring is 1. The highest BCUT2D eigenvalue weighted by Gasteiger charge is 2.33. The van der Waals surface area contributed by atoms with Gasteiger partial charge in [0.15, 0.2) is 11.6 Å². The van der Waals surface area contributed by atoms with Gasteiger partial charge in [-0.3, -0.25) is 0 Å². The minimum absolute atomic E-state index is 0.235. The molecule has 0 aromatic heterocycles. The van der Waals surface area contributed by atoms with E-state index in [-0.39, 0.29) is 5.69 Å². The van der Waals surface area contributed by atoms with Crippen LogP contribution in [0.25, 0.3) is 0 Å². The summed E-state index contributed by atoms with van der Waals surface area (Å²) in [5, 5.41) is 2.14. The monoisotopic (exact) mass is 306 g/mol. The predicted molar refractivity (Wildman–Crippen MR) is 65.5 cm³/mol. The topological polar surface area (TPSA) is 38.0 Å². The molecule has 0 fully saturated rings. The van der Waals surface area contributed by atoms with Gasteiger partial charge in [0.25, 0.3) is 0 Å². The molecule has 3 N–H and O–H groups in total. The largest absolute Gasteiger partial charge is 0.418 e. The van der Waals surface area contributed by atoms with Crippen LogP contribution in [0.2, 0.25) is 0 Å². The second-order valence-electron chi connectivity index (χ2n) is 4.17. The quantitative estimate of drug-likeness (QED) is 0.635. The van der Waals surface area contributed by atoms with E-state index in [0.717, 1.165) is 12.1 Å². The molecule has 2 aromatic rings. The summed E-state index contributed by atoms with van der Waals surface area (Å²) in [7, 11) is 0. The lowest BCUT2D eigenvalue weighted by molar-refractivity contribution is -0.136. The number of nitrogens with two attached hydrogens (primary N) is 1. The molecule has 0 saturated carbocycles. The molecule has 2 nitrogen and oxygen atoms in total. The summed E-state index contributed by atoms with van der Waals surface area (Å²) in [6.07, 6.45) is -4.71. The fraction of sp³-hybridized carbons (Fsp3) is 0.0769. The third kappa shape index (κ3) is 3.21. The van der Waals surface area contributed by atoms with Crippen LogP contribution in [0.15, 0.2) is 30.3 Å². The molecule has 2 aromatic carbocycles. The van der Waals surface area contributed by atoms with Crippen LogP contribution in [0.3, 0.4) is 0 Å². The summed E-state index contributed by atoms with van der Waals surface area (Å²) in [6.45, 7) is 0. The molecule has 0 aliphatic rings. The van der Waals surface area contributed by atoms with Crippen LogP contribution in [-0.2, 0) is 6.18 Å². The van der Waals surface area contributed by atoms with E-state index in [1.165, 1.54) is 0 Å². The third-order valence-electron chi connectivity index (χ3n) is 2.63. The van der Waals surface area contributed by atoms with Gasteiger partial charge in [-0.05, 0) is 18.2 Å². The maximum Gasteiger partial charge on any atom is 0.418 e. The van der Waals surface area contributed by atoms with Crippen LogP contribution in [0.4, 0.5) is 43.4 Å². The standard InChI is InChI=1S/C13H8F6N2/c14-6-3-9(15)12(10(16)4-6)21-7-1-2-11(20)8(5-7)13(17,18)19/h1-5,21H,20H2. The molecule has 0 spiro atoms.